The van der Waals surface area contributed by atoms with Crippen molar-refractivity contribution in [3.8, 4) is 0 Å². The summed E-state index contributed by atoms with van der Waals surface area (Å²) in [4.78, 5) is 21.9. The summed E-state index contributed by atoms with van der Waals surface area (Å²) < 4.78 is 1.69. The van der Waals surface area contributed by atoms with Crippen LogP contribution in [0.3, 0.4) is 0 Å². The molecule has 0 fully saturated rings. The molecule has 2 N–H and O–H groups in total. The van der Waals surface area contributed by atoms with Crippen molar-refractivity contribution < 1.29 is 4.79 Å². The number of aryl methyl sites for hydroxylation is 2. The van der Waals surface area contributed by atoms with Crippen molar-refractivity contribution in [2.24, 2.45) is 0 Å². The molecular weight excluding hydrogens is 340 g/mol. The van der Waals surface area contributed by atoms with Crippen molar-refractivity contribution in [3.05, 3.63) is 77.0 Å². The second kappa shape index (κ2) is 6.68. The number of hydrogen-bond acceptors (Lipinski definition) is 5. The van der Waals surface area contributed by atoms with Gasteiger partial charge in [0, 0.05) is 17.6 Å². The molecule has 0 saturated carbocycles. The highest BCUT2D eigenvalue weighted by Gasteiger charge is 2.34. The van der Waals surface area contributed by atoms with Gasteiger partial charge < -0.3 is 10.6 Å². The first-order chi connectivity index (χ1) is 13.0. The highest BCUT2D eigenvalue weighted by Crippen LogP contribution is 2.34. The Kier molecular flexibility index (Phi) is 4.19. The zero-order valence-corrected chi connectivity index (χ0v) is 15.4. The zero-order chi connectivity index (χ0) is 19.0. The van der Waals surface area contributed by atoms with Gasteiger partial charge >= 0.3 is 0 Å². The Morgan fingerprint density at radius 2 is 2.00 bits per heavy atom. The highest BCUT2D eigenvalue weighted by atomic mass is 16.1. The van der Waals surface area contributed by atoms with Crippen molar-refractivity contribution in [1.29, 1.82) is 0 Å². The first kappa shape index (κ1) is 17.0. The predicted molar refractivity (Wildman–Crippen MR) is 103 cm³/mol. The monoisotopic (exact) mass is 360 g/mol. The minimum absolute atomic E-state index is 0.191. The van der Waals surface area contributed by atoms with Crippen LogP contribution in [-0.2, 0) is 4.79 Å². The van der Waals surface area contributed by atoms with Crippen LogP contribution in [0.4, 0.5) is 11.6 Å². The molecule has 7 nitrogen and oxygen atoms in total. The fourth-order valence-electron chi connectivity index (χ4n) is 3.34. The topological polar surface area (TPSA) is 84.7 Å². The van der Waals surface area contributed by atoms with Crippen LogP contribution in [0.25, 0.3) is 0 Å². The molecule has 1 aromatic carbocycles. The van der Waals surface area contributed by atoms with E-state index in [1.54, 1.807) is 10.9 Å². The van der Waals surface area contributed by atoms with Gasteiger partial charge in [-0.2, -0.15) is 10.1 Å². The first-order valence-corrected chi connectivity index (χ1v) is 8.71. The molecule has 0 aliphatic carbocycles. The van der Waals surface area contributed by atoms with Crippen LogP contribution in [0.5, 0.6) is 0 Å². The molecule has 1 aliphatic rings. The molecule has 0 radical (unpaired) electrons. The van der Waals surface area contributed by atoms with Gasteiger partial charge in [-0.15, -0.1) is 0 Å². The van der Waals surface area contributed by atoms with Gasteiger partial charge in [0.1, 0.15) is 12.4 Å². The van der Waals surface area contributed by atoms with Crippen LogP contribution >= 0.6 is 0 Å². The summed E-state index contributed by atoms with van der Waals surface area (Å²) in [5.74, 6) is 0.398. The van der Waals surface area contributed by atoms with Crippen molar-refractivity contribution >= 4 is 17.5 Å². The first-order valence-electron chi connectivity index (χ1n) is 8.71. The Morgan fingerprint density at radius 3 is 2.74 bits per heavy atom. The van der Waals surface area contributed by atoms with E-state index in [9.17, 15) is 4.79 Å². The maximum Gasteiger partial charge on any atom is 0.255 e. The van der Waals surface area contributed by atoms with E-state index in [4.69, 9.17) is 0 Å². The number of rotatable bonds is 3. The van der Waals surface area contributed by atoms with Gasteiger partial charge in [0.2, 0.25) is 5.95 Å². The smallest absolute Gasteiger partial charge is 0.255 e. The molecule has 27 heavy (non-hydrogen) atoms. The molecule has 3 aromatic rings. The number of pyridine rings is 1. The molecule has 1 amide bonds. The molecule has 2 aromatic heterocycles. The van der Waals surface area contributed by atoms with Crippen LogP contribution in [0.15, 0.2) is 60.2 Å². The Balaban J connectivity index is 1.75. The van der Waals surface area contributed by atoms with Crippen molar-refractivity contribution in [3.63, 3.8) is 0 Å². The fourth-order valence-corrected chi connectivity index (χ4v) is 3.34. The van der Waals surface area contributed by atoms with E-state index in [1.165, 1.54) is 6.33 Å². The summed E-state index contributed by atoms with van der Waals surface area (Å²) >= 11 is 0. The second-order valence-electron chi connectivity index (χ2n) is 6.62. The summed E-state index contributed by atoms with van der Waals surface area (Å²) in [6, 6.07) is 11.1. The summed E-state index contributed by atoms with van der Waals surface area (Å²) in [6.07, 6.45) is 3.18. The van der Waals surface area contributed by atoms with E-state index in [0.29, 0.717) is 11.5 Å². The Bertz CT molecular complexity index is 1040. The normalized spacial score (nSPS) is 15.9. The Labute approximate surface area is 157 Å². The molecule has 0 spiro atoms. The number of anilines is 2. The minimum atomic E-state index is -0.448. The van der Waals surface area contributed by atoms with E-state index in [1.807, 2.05) is 57.2 Å². The molecule has 7 heteroatoms. The molecule has 4 rings (SSSR count). The number of nitrogens with one attached hydrogen (secondary N) is 2. The summed E-state index contributed by atoms with van der Waals surface area (Å²) in [5.41, 5.74) is 4.98. The van der Waals surface area contributed by atoms with Crippen LogP contribution in [0.2, 0.25) is 0 Å². The zero-order valence-electron chi connectivity index (χ0n) is 15.4. The summed E-state index contributed by atoms with van der Waals surface area (Å²) in [7, 11) is 0. The number of aromatic nitrogens is 4. The third kappa shape index (κ3) is 3.08. The molecule has 1 aliphatic heterocycles. The maximum absolute atomic E-state index is 13.2. The van der Waals surface area contributed by atoms with Gasteiger partial charge in [-0.1, -0.05) is 23.8 Å². The third-order valence-corrected chi connectivity index (χ3v) is 4.64. The average Bonchev–Trinajstić information content (AvgIpc) is 3.11. The van der Waals surface area contributed by atoms with Crippen LogP contribution in [-0.4, -0.2) is 25.7 Å². The number of nitrogens with zero attached hydrogens (tertiary/aromatic N) is 4. The molecular formula is C20H20N6O. The van der Waals surface area contributed by atoms with Gasteiger partial charge in [0.25, 0.3) is 5.91 Å². The predicted octanol–water partition coefficient (Wildman–Crippen LogP) is 3.22. The van der Waals surface area contributed by atoms with Gasteiger partial charge in [0.05, 0.1) is 11.3 Å². The van der Waals surface area contributed by atoms with Crippen LogP contribution in [0, 0.1) is 13.8 Å². The van der Waals surface area contributed by atoms with E-state index < -0.39 is 6.04 Å². The molecule has 136 valence electrons. The van der Waals surface area contributed by atoms with E-state index in [0.717, 1.165) is 28.2 Å². The lowest BCUT2D eigenvalue weighted by atomic mass is 9.98. The summed E-state index contributed by atoms with van der Waals surface area (Å²) in [5, 5.41) is 10.5. The average molecular weight is 360 g/mol. The number of benzene rings is 1. The molecule has 0 saturated heterocycles. The van der Waals surface area contributed by atoms with E-state index >= 15 is 0 Å². The van der Waals surface area contributed by atoms with Gasteiger partial charge in [-0.05, 0) is 44.5 Å². The standard InChI is InChI=1S/C20H20N6O/c1-12-7-8-15(13(2)10-12)25-19(27)17-14(3)24-20-22-11-23-26(20)18(17)16-6-4-5-9-21-16/h4-11,18H,1-3H3,(H,25,27)(H,22,23,24). The molecule has 1 unspecified atom stereocenters. The lowest BCUT2D eigenvalue weighted by molar-refractivity contribution is -0.113. The highest BCUT2D eigenvalue weighted by molar-refractivity contribution is 6.06. The van der Waals surface area contributed by atoms with Gasteiger partial charge in [0.15, 0.2) is 0 Å². The van der Waals surface area contributed by atoms with Crippen molar-refractivity contribution in [2.45, 2.75) is 26.8 Å². The second-order valence-corrected chi connectivity index (χ2v) is 6.62. The lowest BCUT2D eigenvalue weighted by Crippen LogP contribution is -2.32. The van der Waals surface area contributed by atoms with Gasteiger partial charge in [-0.3, -0.25) is 9.78 Å². The maximum atomic E-state index is 13.2. The SMILES string of the molecule is CC1=C(C(=O)Nc2ccc(C)cc2C)C(c2ccccn2)n2ncnc2N1. The number of carbonyl (C=O) groups is 1. The Morgan fingerprint density at radius 1 is 1.15 bits per heavy atom. The van der Waals surface area contributed by atoms with Crippen LogP contribution < -0.4 is 10.6 Å². The third-order valence-electron chi connectivity index (χ3n) is 4.64. The van der Waals surface area contributed by atoms with Crippen LogP contribution in [0.1, 0.15) is 29.8 Å². The molecule has 3 heterocycles. The number of fused-ring (bicyclic) bond motifs is 1. The molecule has 0 bridgehead atoms. The number of allylic oxidation sites excluding steroid dienone is 1. The Hall–Kier alpha value is -3.48. The van der Waals surface area contributed by atoms with E-state index in [-0.39, 0.29) is 5.91 Å². The summed E-state index contributed by atoms with van der Waals surface area (Å²) in [6.45, 7) is 5.87. The lowest BCUT2D eigenvalue weighted by Gasteiger charge is -2.28. The van der Waals surface area contributed by atoms with Gasteiger partial charge in [-0.25, -0.2) is 4.68 Å². The largest absolute Gasteiger partial charge is 0.328 e. The quantitative estimate of drug-likeness (QED) is 0.749. The van der Waals surface area contributed by atoms with Crippen molar-refractivity contribution in [2.75, 3.05) is 10.6 Å². The van der Waals surface area contributed by atoms with E-state index in [2.05, 4.69) is 25.7 Å². The number of amides is 1. The fraction of sp³-hybridized carbons (Fsp3) is 0.200. The minimum Gasteiger partial charge on any atom is -0.328 e. The number of carbonyl (C=O) groups excluding carboxylic acids is 1. The molecule has 1 atom stereocenters. The number of hydrogen-bond donors (Lipinski definition) is 2. The van der Waals surface area contributed by atoms with Crippen molar-refractivity contribution in [1.82, 2.24) is 19.7 Å².